The summed E-state index contributed by atoms with van der Waals surface area (Å²) in [7, 11) is 0. The van der Waals surface area contributed by atoms with E-state index in [4.69, 9.17) is 9.47 Å². The van der Waals surface area contributed by atoms with Crippen LogP contribution in [-0.4, -0.2) is 46.7 Å². The molecule has 2 heterocycles. The molecule has 122 valence electrons. The van der Waals surface area contributed by atoms with Gasteiger partial charge in [0.05, 0.1) is 6.54 Å². The van der Waals surface area contributed by atoms with Crippen LogP contribution >= 0.6 is 0 Å². The SMILES string of the molecule is CC(C)(C)OC(=O)N1CCC(Oc2ccncc2)C(F)(F)C1. The molecule has 1 aromatic heterocycles. The van der Waals surface area contributed by atoms with Gasteiger partial charge in [0.25, 0.3) is 0 Å². The van der Waals surface area contributed by atoms with Gasteiger partial charge >= 0.3 is 12.0 Å². The first kappa shape index (κ1) is 16.5. The van der Waals surface area contributed by atoms with Crippen LogP contribution < -0.4 is 4.74 Å². The molecule has 1 atom stereocenters. The topological polar surface area (TPSA) is 51.7 Å². The number of rotatable bonds is 2. The third kappa shape index (κ3) is 4.29. The monoisotopic (exact) mass is 314 g/mol. The average molecular weight is 314 g/mol. The van der Waals surface area contributed by atoms with Crippen molar-refractivity contribution in [2.45, 2.75) is 44.8 Å². The maximum absolute atomic E-state index is 14.2. The van der Waals surface area contributed by atoms with Gasteiger partial charge in [-0.2, -0.15) is 0 Å². The molecule has 0 radical (unpaired) electrons. The van der Waals surface area contributed by atoms with Crippen LogP contribution in [0.4, 0.5) is 13.6 Å². The Morgan fingerprint density at radius 3 is 2.55 bits per heavy atom. The Balaban J connectivity index is 1.99. The van der Waals surface area contributed by atoms with Gasteiger partial charge in [0.1, 0.15) is 11.4 Å². The number of piperidine rings is 1. The second kappa shape index (κ2) is 6.06. The lowest BCUT2D eigenvalue weighted by Gasteiger charge is -2.38. The van der Waals surface area contributed by atoms with Crippen LogP contribution in [0.5, 0.6) is 5.75 Å². The molecule has 1 amide bonds. The normalized spacial score (nSPS) is 21.3. The van der Waals surface area contributed by atoms with E-state index in [0.717, 1.165) is 4.90 Å². The highest BCUT2D eigenvalue weighted by Gasteiger charge is 2.48. The summed E-state index contributed by atoms with van der Waals surface area (Å²) < 4.78 is 38.9. The quantitative estimate of drug-likeness (QED) is 0.841. The summed E-state index contributed by atoms with van der Waals surface area (Å²) in [4.78, 5) is 16.7. The highest BCUT2D eigenvalue weighted by atomic mass is 19.3. The van der Waals surface area contributed by atoms with E-state index < -0.39 is 30.3 Å². The Labute approximate surface area is 128 Å². The van der Waals surface area contributed by atoms with Crippen LogP contribution in [0.3, 0.4) is 0 Å². The number of amides is 1. The van der Waals surface area contributed by atoms with Crippen LogP contribution in [0.15, 0.2) is 24.5 Å². The van der Waals surface area contributed by atoms with Crippen LogP contribution in [-0.2, 0) is 4.74 Å². The zero-order valence-electron chi connectivity index (χ0n) is 12.9. The predicted octanol–water partition coefficient (Wildman–Crippen LogP) is 3.11. The van der Waals surface area contributed by atoms with Crippen molar-refractivity contribution in [2.75, 3.05) is 13.1 Å². The number of hydrogen-bond donors (Lipinski definition) is 0. The number of nitrogens with zero attached hydrogens (tertiary/aromatic N) is 2. The molecule has 0 aliphatic carbocycles. The van der Waals surface area contributed by atoms with Crippen LogP contribution in [0.25, 0.3) is 0 Å². The third-order valence-electron chi connectivity index (χ3n) is 3.11. The van der Waals surface area contributed by atoms with Gasteiger partial charge in [-0.3, -0.25) is 4.98 Å². The number of aromatic nitrogens is 1. The number of pyridine rings is 1. The van der Waals surface area contributed by atoms with E-state index >= 15 is 0 Å². The lowest BCUT2D eigenvalue weighted by molar-refractivity contribution is -0.137. The number of hydrogen-bond acceptors (Lipinski definition) is 4. The summed E-state index contributed by atoms with van der Waals surface area (Å²) in [5.41, 5.74) is -0.712. The van der Waals surface area contributed by atoms with E-state index in [9.17, 15) is 13.6 Å². The van der Waals surface area contributed by atoms with E-state index in [-0.39, 0.29) is 13.0 Å². The Morgan fingerprint density at radius 1 is 1.36 bits per heavy atom. The predicted molar refractivity (Wildman–Crippen MR) is 76.0 cm³/mol. The van der Waals surface area contributed by atoms with Gasteiger partial charge in [0.2, 0.25) is 0 Å². The highest BCUT2D eigenvalue weighted by molar-refractivity contribution is 5.68. The Hall–Kier alpha value is -1.92. The van der Waals surface area contributed by atoms with E-state index in [1.807, 2.05) is 0 Å². The van der Waals surface area contributed by atoms with Gasteiger partial charge in [-0.15, -0.1) is 0 Å². The molecule has 0 bridgehead atoms. The van der Waals surface area contributed by atoms with Crippen molar-refractivity contribution in [3.8, 4) is 5.75 Å². The van der Waals surface area contributed by atoms with E-state index in [1.165, 1.54) is 24.5 Å². The second-order valence-electron chi connectivity index (χ2n) is 6.24. The van der Waals surface area contributed by atoms with Crippen molar-refractivity contribution in [3.05, 3.63) is 24.5 Å². The number of likely N-dealkylation sites (tertiary alicyclic amines) is 1. The highest BCUT2D eigenvalue weighted by Crippen LogP contribution is 2.31. The fraction of sp³-hybridized carbons (Fsp3) is 0.600. The summed E-state index contributed by atoms with van der Waals surface area (Å²) in [6.07, 6.45) is 0.990. The van der Waals surface area contributed by atoms with Gasteiger partial charge < -0.3 is 14.4 Å². The molecule has 2 rings (SSSR count). The number of carbonyl (C=O) groups excluding carboxylic acids is 1. The zero-order chi connectivity index (χ0) is 16.4. The van der Waals surface area contributed by atoms with Gasteiger partial charge in [-0.05, 0) is 32.9 Å². The van der Waals surface area contributed by atoms with E-state index in [2.05, 4.69) is 4.98 Å². The molecule has 0 N–H and O–H groups in total. The third-order valence-corrected chi connectivity index (χ3v) is 3.11. The van der Waals surface area contributed by atoms with Crippen LogP contribution in [0.2, 0.25) is 0 Å². The van der Waals surface area contributed by atoms with Crippen molar-refractivity contribution in [2.24, 2.45) is 0 Å². The largest absolute Gasteiger partial charge is 0.484 e. The first-order valence-corrected chi connectivity index (χ1v) is 7.10. The summed E-state index contributed by atoms with van der Waals surface area (Å²) in [6.45, 7) is 4.55. The number of ether oxygens (including phenoxy) is 2. The molecular formula is C15H20F2N2O3. The molecule has 0 spiro atoms. The molecule has 5 nitrogen and oxygen atoms in total. The molecule has 1 aliphatic heterocycles. The lowest BCUT2D eigenvalue weighted by Crippen LogP contribution is -2.56. The first-order chi connectivity index (χ1) is 10.2. The summed E-state index contributed by atoms with van der Waals surface area (Å²) >= 11 is 0. The van der Waals surface area contributed by atoms with Crippen LogP contribution in [0.1, 0.15) is 27.2 Å². The number of halogens is 2. The van der Waals surface area contributed by atoms with E-state index in [0.29, 0.717) is 5.75 Å². The Bertz CT molecular complexity index is 517. The maximum Gasteiger partial charge on any atom is 0.410 e. The molecule has 1 fully saturated rings. The summed E-state index contributed by atoms with van der Waals surface area (Å²) in [6, 6.07) is 3.05. The lowest BCUT2D eigenvalue weighted by atomic mass is 10.0. The van der Waals surface area contributed by atoms with Crippen molar-refractivity contribution in [1.29, 1.82) is 0 Å². The summed E-state index contributed by atoms with van der Waals surface area (Å²) in [5, 5.41) is 0. The molecule has 7 heteroatoms. The van der Waals surface area contributed by atoms with Gasteiger partial charge in [-0.1, -0.05) is 0 Å². The minimum absolute atomic E-state index is 0.0363. The van der Waals surface area contributed by atoms with E-state index in [1.54, 1.807) is 20.8 Å². The Kier molecular flexibility index (Phi) is 4.53. The van der Waals surface area contributed by atoms with Crippen molar-refractivity contribution in [1.82, 2.24) is 9.88 Å². The second-order valence-corrected chi connectivity index (χ2v) is 6.24. The van der Waals surface area contributed by atoms with Gasteiger partial charge in [-0.25, -0.2) is 13.6 Å². The van der Waals surface area contributed by atoms with Gasteiger partial charge in [0.15, 0.2) is 6.10 Å². The molecule has 1 aromatic rings. The van der Waals surface area contributed by atoms with Gasteiger partial charge in [0, 0.05) is 25.4 Å². The first-order valence-electron chi connectivity index (χ1n) is 7.10. The molecule has 1 aliphatic rings. The molecule has 0 aromatic carbocycles. The fourth-order valence-corrected chi connectivity index (χ4v) is 2.13. The molecule has 22 heavy (non-hydrogen) atoms. The molecule has 1 unspecified atom stereocenters. The summed E-state index contributed by atoms with van der Waals surface area (Å²) in [5.74, 6) is -2.80. The molecule has 0 saturated carbocycles. The zero-order valence-corrected chi connectivity index (χ0v) is 12.9. The smallest absolute Gasteiger partial charge is 0.410 e. The molecular weight excluding hydrogens is 294 g/mol. The number of carbonyl (C=O) groups is 1. The fourth-order valence-electron chi connectivity index (χ4n) is 2.13. The Morgan fingerprint density at radius 2 is 2.00 bits per heavy atom. The minimum atomic E-state index is -3.14. The standard InChI is InChI=1S/C15H20F2N2O3/c1-14(2,3)22-13(20)19-9-6-12(15(16,17)10-19)21-11-4-7-18-8-5-11/h4-5,7-8,12H,6,9-10H2,1-3H3. The average Bonchev–Trinajstić information content (AvgIpc) is 2.40. The van der Waals surface area contributed by atoms with Crippen molar-refractivity contribution in [3.63, 3.8) is 0 Å². The number of alkyl halides is 2. The van der Waals surface area contributed by atoms with Crippen molar-refractivity contribution >= 4 is 6.09 Å². The van der Waals surface area contributed by atoms with Crippen LogP contribution in [0, 0.1) is 0 Å². The minimum Gasteiger partial charge on any atom is -0.484 e. The maximum atomic E-state index is 14.2. The molecule has 1 saturated heterocycles. The van der Waals surface area contributed by atoms with Crippen molar-refractivity contribution < 1.29 is 23.0 Å².